The Bertz CT molecular complexity index is 682. The molecule has 1 aromatic carbocycles. The molecule has 0 spiro atoms. The van der Waals surface area contributed by atoms with Gasteiger partial charge in [0.05, 0.1) is 12.2 Å². The van der Waals surface area contributed by atoms with Gasteiger partial charge in [-0.3, -0.25) is 0 Å². The highest BCUT2D eigenvalue weighted by Crippen LogP contribution is 2.22. The average Bonchev–Trinajstić information content (AvgIpc) is 2.38. The van der Waals surface area contributed by atoms with Crippen molar-refractivity contribution in [2.75, 3.05) is 11.9 Å². The van der Waals surface area contributed by atoms with E-state index in [1.165, 1.54) is 10.9 Å². The van der Waals surface area contributed by atoms with Crippen LogP contribution in [0.2, 0.25) is 0 Å². The Morgan fingerprint density at radius 3 is 2.95 bits per heavy atom. The fourth-order valence-corrected chi connectivity index (χ4v) is 2.29. The molecule has 1 aromatic heterocycles. The van der Waals surface area contributed by atoms with Gasteiger partial charge in [0.25, 0.3) is 0 Å². The van der Waals surface area contributed by atoms with Gasteiger partial charge < -0.3 is 5.32 Å². The molecule has 19 heavy (non-hydrogen) atoms. The second-order valence-electron chi connectivity index (χ2n) is 3.80. The second-order valence-corrected chi connectivity index (χ2v) is 4.65. The first-order chi connectivity index (χ1) is 9.13. The summed E-state index contributed by atoms with van der Waals surface area (Å²) in [5.74, 6) is 2.62. The van der Waals surface area contributed by atoms with Gasteiger partial charge in [-0.25, -0.2) is 14.3 Å². The number of halogens is 1. The Morgan fingerprint density at radius 1 is 1.53 bits per heavy atom. The van der Waals surface area contributed by atoms with Crippen molar-refractivity contribution >= 4 is 21.9 Å². The van der Waals surface area contributed by atoms with E-state index in [-0.39, 0.29) is 12.5 Å². The number of aromatic nitrogens is 3. The summed E-state index contributed by atoms with van der Waals surface area (Å²) in [6.45, 7) is 2.19. The molecule has 0 saturated heterocycles. The molecular formula is C13H11BrN4O. The van der Waals surface area contributed by atoms with Gasteiger partial charge in [-0.1, -0.05) is 18.1 Å². The number of anilines is 1. The lowest BCUT2D eigenvalue weighted by Crippen LogP contribution is -2.24. The van der Waals surface area contributed by atoms with Crippen molar-refractivity contribution in [3.63, 3.8) is 0 Å². The highest BCUT2D eigenvalue weighted by Gasteiger charge is 2.09. The summed E-state index contributed by atoms with van der Waals surface area (Å²) in [4.78, 5) is 19.9. The molecule has 0 unspecified atom stereocenters. The fraction of sp³-hybridized carbons (Fsp3) is 0.154. The van der Waals surface area contributed by atoms with Gasteiger partial charge in [0.15, 0.2) is 0 Å². The Kier molecular flexibility index (Phi) is 3.97. The first-order valence-corrected chi connectivity index (χ1v) is 6.31. The number of hydrogen-bond donors (Lipinski definition) is 1. The van der Waals surface area contributed by atoms with Gasteiger partial charge in [-0.15, -0.1) is 6.42 Å². The predicted octanol–water partition coefficient (Wildman–Crippen LogP) is 1.74. The molecule has 0 aliphatic carbocycles. The van der Waals surface area contributed by atoms with Crippen molar-refractivity contribution in [3.8, 4) is 18.0 Å². The summed E-state index contributed by atoms with van der Waals surface area (Å²) in [6, 6.07) is 5.67. The molecule has 1 N–H and O–H groups in total. The molecule has 0 aliphatic rings. The van der Waals surface area contributed by atoms with Crippen molar-refractivity contribution in [1.82, 2.24) is 14.5 Å². The maximum absolute atomic E-state index is 12.0. The summed E-state index contributed by atoms with van der Waals surface area (Å²) in [5, 5.41) is 2.76. The maximum Gasteiger partial charge on any atom is 0.356 e. The van der Waals surface area contributed by atoms with Crippen LogP contribution in [0.1, 0.15) is 5.56 Å². The number of benzene rings is 1. The van der Waals surface area contributed by atoms with Crippen LogP contribution in [0, 0.1) is 19.3 Å². The molecule has 0 aliphatic heterocycles. The Morgan fingerprint density at radius 2 is 2.32 bits per heavy atom. The van der Waals surface area contributed by atoms with E-state index in [0.717, 1.165) is 15.7 Å². The number of hydrogen-bond acceptors (Lipinski definition) is 4. The lowest BCUT2D eigenvalue weighted by Gasteiger charge is -2.10. The van der Waals surface area contributed by atoms with E-state index in [9.17, 15) is 4.79 Å². The third kappa shape index (κ3) is 2.83. The third-order valence-electron chi connectivity index (χ3n) is 2.48. The maximum atomic E-state index is 12.0. The number of rotatable bonds is 3. The highest BCUT2D eigenvalue weighted by atomic mass is 79.9. The highest BCUT2D eigenvalue weighted by molar-refractivity contribution is 9.10. The molecule has 0 radical (unpaired) electrons. The van der Waals surface area contributed by atoms with Crippen molar-refractivity contribution in [2.24, 2.45) is 0 Å². The van der Waals surface area contributed by atoms with Crippen LogP contribution in [0.15, 0.2) is 33.8 Å². The van der Waals surface area contributed by atoms with E-state index in [1.54, 1.807) is 0 Å². The van der Waals surface area contributed by atoms with Crippen LogP contribution in [0.4, 0.5) is 5.95 Å². The summed E-state index contributed by atoms with van der Waals surface area (Å²) in [7, 11) is 0. The molecule has 6 heteroatoms. The van der Waals surface area contributed by atoms with Crippen LogP contribution >= 0.6 is 15.9 Å². The zero-order valence-corrected chi connectivity index (χ0v) is 11.8. The summed E-state index contributed by atoms with van der Waals surface area (Å²) < 4.78 is 2.20. The van der Waals surface area contributed by atoms with Crippen LogP contribution in [0.25, 0.3) is 5.69 Å². The summed E-state index contributed by atoms with van der Waals surface area (Å²) >= 11 is 3.42. The minimum atomic E-state index is -0.412. The molecule has 0 fully saturated rings. The van der Waals surface area contributed by atoms with Crippen molar-refractivity contribution in [1.29, 1.82) is 0 Å². The SMILES string of the molecule is C#CCNc1ncn(-c2c(C)cccc2Br)c(=O)n1. The molecule has 0 saturated carbocycles. The van der Waals surface area contributed by atoms with Crippen molar-refractivity contribution in [2.45, 2.75) is 6.92 Å². The largest absolute Gasteiger partial charge is 0.356 e. The lowest BCUT2D eigenvalue weighted by atomic mass is 10.2. The molecular weight excluding hydrogens is 308 g/mol. The molecule has 96 valence electrons. The standard InChI is InChI=1S/C13H11BrN4O/c1-3-7-15-12-16-8-18(13(19)17-12)11-9(2)5-4-6-10(11)14/h1,4-6,8H,7H2,2H3,(H,15,17,19). The molecule has 0 bridgehead atoms. The molecule has 2 rings (SSSR count). The van der Waals surface area contributed by atoms with E-state index in [4.69, 9.17) is 6.42 Å². The first-order valence-electron chi connectivity index (χ1n) is 5.52. The smallest absolute Gasteiger partial charge is 0.343 e. The van der Waals surface area contributed by atoms with Gasteiger partial charge in [0.1, 0.15) is 6.33 Å². The molecule has 1 heterocycles. The van der Waals surface area contributed by atoms with Gasteiger partial charge in [-0.2, -0.15) is 4.98 Å². The number of nitrogens with one attached hydrogen (secondary N) is 1. The van der Waals surface area contributed by atoms with Crippen LogP contribution in [-0.2, 0) is 0 Å². The Labute approximate surface area is 118 Å². The molecule has 2 aromatic rings. The Hall–Kier alpha value is -2.13. The zero-order valence-electron chi connectivity index (χ0n) is 10.2. The lowest BCUT2D eigenvalue weighted by molar-refractivity contribution is 0.852. The van der Waals surface area contributed by atoms with E-state index in [1.807, 2.05) is 25.1 Å². The minimum absolute atomic E-state index is 0.226. The quantitative estimate of drug-likeness (QED) is 0.876. The van der Waals surface area contributed by atoms with Crippen LogP contribution in [0.5, 0.6) is 0 Å². The minimum Gasteiger partial charge on any atom is -0.343 e. The third-order valence-corrected chi connectivity index (χ3v) is 3.12. The number of terminal acetylenes is 1. The predicted molar refractivity (Wildman–Crippen MR) is 77.4 cm³/mol. The number of nitrogens with zero attached hydrogens (tertiary/aromatic N) is 3. The van der Waals surface area contributed by atoms with Crippen LogP contribution < -0.4 is 11.0 Å². The topological polar surface area (TPSA) is 59.8 Å². The zero-order chi connectivity index (χ0) is 13.8. The monoisotopic (exact) mass is 318 g/mol. The first kappa shape index (κ1) is 13.3. The summed E-state index contributed by atoms with van der Waals surface area (Å²) in [5.41, 5.74) is 1.27. The van der Waals surface area contributed by atoms with E-state index in [0.29, 0.717) is 0 Å². The molecule has 5 nitrogen and oxygen atoms in total. The van der Waals surface area contributed by atoms with Crippen LogP contribution in [-0.4, -0.2) is 21.1 Å². The van der Waals surface area contributed by atoms with Crippen molar-refractivity contribution < 1.29 is 0 Å². The van der Waals surface area contributed by atoms with Gasteiger partial charge in [0, 0.05) is 4.47 Å². The van der Waals surface area contributed by atoms with E-state index < -0.39 is 5.69 Å². The Balaban J connectivity index is 2.48. The van der Waals surface area contributed by atoms with Gasteiger partial charge in [-0.05, 0) is 34.5 Å². The number of aryl methyl sites for hydroxylation is 1. The molecule has 0 atom stereocenters. The average molecular weight is 319 g/mol. The fourth-order valence-electron chi connectivity index (χ4n) is 1.63. The number of para-hydroxylation sites is 1. The van der Waals surface area contributed by atoms with E-state index >= 15 is 0 Å². The summed E-state index contributed by atoms with van der Waals surface area (Å²) in [6.07, 6.45) is 6.55. The van der Waals surface area contributed by atoms with Gasteiger partial charge in [0.2, 0.25) is 5.95 Å². The second kappa shape index (κ2) is 5.67. The molecule has 0 amide bonds. The van der Waals surface area contributed by atoms with E-state index in [2.05, 4.69) is 37.1 Å². The van der Waals surface area contributed by atoms with Gasteiger partial charge >= 0.3 is 5.69 Å². The van der Waals surface area contributed by atoms with Crippen molar-refractivity contribution in [3.05, 3.63) is 45.0 Å². The van der Waals surface area contributed by atoms with Crippen LogP contribution in [0.3, 0.4) is 0 Å². The normalized spacial score (nSPS) is 9.95.